The van der Waals surface area contributed by atoms with E-state index in [-0.39, 0.29) is 23.0 Å². The van der Waals surface area contributed by atoms with Crippen LogP contribution in [-0.4, -0.2) is 13.0 Å². The summed E-state index contributed by atoms with van der Waals surface area (Å²) in [5.41, 5.74) is 0.359. The second kappa shape index (κ2) is 8.04. The van der Waals surface area contributed by atoms with E-state index in [2.05, 4.69) is 53.8 Å². The molecule has 0 aliphatic heterocycles. The summed E-state index contributed by atoms with van der Waals surface area (Å²) in [6.07, 6.45) is 0. The molecule has 1 amide bonds. The predicted octanol–water partition coefficient (Wildman–Crippen LogP) is 0.570. The van der Waals surface area contributed by atoms with Crippen molar-refractivity contribution in [2.24, 2.45) is 0 Å². The number of hydrogen-bond donors (Lipinski definition) is 1. The Balaban J connectivity index is 0.000000280. The molecular weight excluding hydrogens is 230 g/mol. The van der Waals surface area contributed by atoms with Gasteiger partial charge in [-0.2, -0.15) is 5.91 Å². The van der Waals surface area contributed by atoms with Gasteiger partial charge in [0.15, 0.2) is 0 Å². The van der Waals surface area contributed by atoms with Crippen molar-refractivity contribution < 1.29 is 21.9 Å². The molecule has 0 aliphatic carbocycles. The van der Waals surface area contributed by atoms with Gasteiger partial charge in [-0.05, 0) is 7.05 Å². The molecule has 0 unspecified atom stereocenters. The van der Waals surface area contributed by atoms with Crippen LogP contribution in [0.1, 0.15) is 10.4 Å². The molecule has 15 heavy (non-hydrogen) atoms. The van der Waals surface area contributed by atoms with Gasteiger partial charge in [-0.1, -0.05) is 0 Å². The van der Waals surface area contributed by atoms with E-state index < -0.39 is 0 Å². The molecule has 2 aromatic rings. The average Bonchev–Trinajstić information content (AvgIpc) is 2.91. The first-order chi connectivity index (χ1) is 6.84. The van der Waals surface area contributed by atoms with Crippen molar-refractivity contribution in [1.82, 2.24) is 5.32 Å². The Morgan fingerprint density at radius 1 is 1.13 bits per heavy atom. The molecule has 82 valence electrons. The topological polar surface area (TPSA) is 29.1 Å². The van der Waals surface area contributed by atoms with Gasteiger partial charge in [-0.25, -0.2) is 0 Å². The summed E-state index contributed by atoms with van der Waals surface area (Å²) in [6.45, 7) is 0. The minimum absolute atomic E-state index is 0. The van der Waals surface area contributed by atoms with Crippen LogP contribution in [0.3, 0.4) is 0 Å². The van der Waals surface area contributed by atoms with Crippen molar-refractivity contribution >= 4 is 5.91 Å². The molecule has 0 fully saturated rings. The number of amides is 1. The second-order valence-electron chi connectivity index (χ2n) is 2.14. The summed E-state index contributed by atoms with van der Waals surface area (Å²) in [4.78, 5) is 10.7. The van der Waals surface area contributed by atoms with Crippen LogP contribution < -0.4 is 5.32 Å². The summed E-state index contributed by atoms with van der Waals surface area (Å²) in [5.74, 6) is -0.201. The summed E-state index contributed by atoms with van der Waals surface area (Å²) in [6, 6.07) is 22.0. The molecule has 3 heteroatoms. The van der Waals surface area contributed by atoms with Crippen LogP contribution in [0.5, 0.6) is 0 Å². The Labute approximate surface area is 101 Å². The van der Waals surface area contributed by atoms with Crippen LogP contribution in [0.25, 0.3) is 0 Å². The van der Waals surface area contributed by atoms with E-state index in [0.717, 1.165) is 0 Å². The Hall–Kier alpha value is -1.31. The fourth-order valence-electron chi connectivity index (χ4n) is 0.638. The van der Waals surface area contributed by atoms with Crippen LogP contribution in [0, 0.1) is 48.5 Å². The van der Waals surface area contributed by atoms with Crippen molar-refractivity contribution in [3.63, 3.8) is 0 Å². The monoisotopic (exact) mass is 235 g/mol. The van der Waals surface area contributed by atoms with Crippen LogP contribution in [-0.2, 0) is 17.1 Å². The zero-order valence-corrected chi connectivity index (χ0v) is 8.94. The molecule has 0 atom stereocenters. The molecule has 2 rings (SSSR count). The van der Waals surface area contributed by atoms with Gasteiger partial charge >= 0.3 is 0 Å². The third kappa shape index (κ3) is 5.21. The minimum Gasteiger partial charge on any atom is -0.999 e. The Kier molecular flexibility index (Phi) is 7.33. The van der Waals surface area contributed by atoms with Gasteiger partial charge in [-0.15, -0.1) is 0 Å². The zero-order valence-electron chi connectivity index (χ0n) is 7.84. The maximum Gasteiger partial charge on any atom is 0 e. The van der Waals surface area contributed by atoms with E-state index in [9.17, 15) is 4.79 Å². The summed E-state index contributed by atoms with van der Waals surface area (Å²) in [7, 11) is 1.55. The van der Waals surface area contributed by atoms with E-state index in [4.69, 9.17) is 0 Å². The van der Waals surface area contributed by atoms with Crippen molar-refractivity contribution in [3.8, 4) is 0 Å². The van der Waals surface area contributed by atoms with Crippen molar-refractivity contribution in [2.75, 3.05) is 7.05 Å². The maximum atomic E-state index is 10.7. The quantitative estimate of drug-likeness (QED) is 0.568. The smallest absolute Gasteiger partial charge is 0 e. The van der Waals surface area contributed by atoms with Crippen LogP contribution >= 0.6 is 0 Å². The summed E-state index contributed by atoms with van der Waals surface area (Å²) in [5, 5.41) is 2.43. The van der Waals surface area contributed by atoms with Crippen molar-refractivity contribution in [1.29, 1.82) is 0 Å². The van der Waals surface area contributed by atoms with Crippen LogP contribution in [0.2, 0.25) is 0 Å². The Bertz CT molecular complexity index is 320. The molecule has 0 heterocycles. The van der Waals surface area contributed by atoms with Gasteiger partial charge in [0.05, 0.1) is 0 Å². The maximum absolute atomic E-state index is 10.7. The first kappa shape index (κ1) is 13.7. The van der Waals surface area contributed by atoms with E-state index in [1.807, 2.05) is 0 Å². The number of rotatable bonds is 1. The third-order valence-electron chi connectivity index (χ3n) is 1.24. The number of carbonyl (C=O) groups is 1. The van der Waals surface area contributed by atoms with E-state index in [1.165, 1.54) is 0 Å². The molecule has 0 saturated heterocycles. The number of nitrogens with one attached hydrogen (secondary N) is 1. The minimum atomic E-state index is -0.201. The summed E-state index contributed by atoms with van der Waals surface area (Å²) < 4.78 is 0. The van der Waals surface area contributed by atoms with Crippen LogP contribution in [0.15, 0.2) is 6.07 Å². The molecule has 2 nitrogen and oxygen atoms in total. The van der Waals surface area contributed by atoms with E-state index in [0.29, 0.717) is 5.56 Å². The second-order valence-corrected chi connectivity index (χ2v) is 2.14. The van der Waals surface area contributed by atoms with Gasteiger partial charge in [0.2, 0.25) is 0 Å². The van der Waals surface area contributed by atoms with Gasteiger partial charge in [0.1, 0.15) is 0 Å². The molecule has 1 N–H and O–H groups in total. The van der Waals surface area contributed by atoms with Gasteiger partial charge in [0.25, 0.3) is 0 Å². The Morgan fingerprint density at radius 2 is 1.67 bits per heavy atom. The van der Waals surface area contributed by atoms with E-state index in [1.54, 1.807) is 13.1 Å². The number of hydrogen-bond acceptors (Lipinski definition) is 1. The van der Waals surface area contributed by atoms with Crippen LogP contribution in [0.4, 0.5) is 0 Å². The first-order valence-electron chi connectivity index (χ1n) is 3.78. The third-order valence-corrected chi connectivity index (χ3v) is 1.24. The summed E-state index contributed by atoms with van der Waals surface area (Å²) >= 11 is 0. The molecule has 0 radical (unpaired) electrons. The van der Waals surface area contributed by atoms with Gasteiger partial charge < -0.3 is 70.3 Å². The fourth-order valence-corrected chi connectivity index (χ4v) is 0.638. The zero-order chi connectivity index (χ0) is 10.2. The molecule has 0 saturated carbocycles. The normalized spacial score (nSPS) is 8.07. The molecule has 2 aromatic carbocycles. The predicted molar refractivity (Wildman–Crippen MR) is 48.1 cm³/mol. The molecular formula is C12H5FeNO-10. The molecule has 0 spiro atoms. The average molecular weight is 235 g/mol. The van der Waals surface area contributed by atoms with Crippen molar-refractivity contribution in [2.45, 2.75) is 0 Å². The van der Waals surface area contributed by atoms with Crippen molar-refractivity contribution in [3.05, 3.63) is 60.2 Å². The molecule has 0 bridgehead atoms. The Morgan fingerprint density at radius 3 is 2.00 bits per heavy atom. The van der Waals surface area contributed by atoms with Gasteiger partial charge in [-0.3, -0.25) is 0 Å². The SMILES string of the molecule is CNC(=O)[c-]1[c-][c-][c-][c-]1.[Fe].[c-]1[c-][c-][cH-][c-]1. The number of carbonyl (C=O) groups excluding carboxylic acids is 1. The standard InChI is InChI=1S/C7H4NO.C5H.Fe/c1-8-7(9)6-4-2-3-5-6;1-2-4-5-3-1;/h1H3,(H,8,9);1H;/q2*-5;. The largest absolute Gasteiger partial charge is 0.999 e. The van der Waals surface area contributed by atoms with Gasteiger partial charge in [0, 0.05) is 17.1 Å². The fraction of sp³-hybridized carbons (Fsp3) is 0.0833. The molecule has 0 aromatic heterocycles. The molecule has 0 aliphatic rings. The first-order valence-corrected chi connectivity index (χ1v) is 3.78. The van der Waals surface area contributed by atoms with E-state index >= 15 is 0 Å².